The molecule has 2 rings (SSSR count). The molecule has 0 radical (unpaired) electrons. The number of aliphatic carboxylic acids is 1. The van der Waals surface area contributed by atoms with Gasteiger partial charge in [-0.3, -0.25) is 10.1 Å². The summed E-state index contributed by atoms with van der Waals surface area (Å²) in [5.41, 5.74) is -0.789. The normalized spacial score (nSPS) is 11.3. The number of nitro benzene ring substituents is 1. The molecule has 10 heteroatoms. The number of carboxylic acid groups (broad SMARTS) is 1. The molecule has 1 atom stereocenters. The summed E-state index contributed by atoms with van der Waals surface area (Å²) in [6.07, 6.45) is 0. The van der Waals surface area contributed by atoms with Crippen LogP contribution in [0.15, 0.2) is 16.8 Å². The summed E-state index contributed by atoms with van der Waals surface area (Å²) in [6, 6.07) is 3.66. The van der Waals surface area contributed by atoms with Gasteiger partial charge in [-0.05, 0) is 16.4 Å². The van der Waals surface area contributed by atoms with Crippen LogP contribution in [0.2, 0.25) is 0 Å². The van der Waals surface area contributed by atoms with Gasteiger partial charge in [0.25, 0.3) is 0 Å². The predicted octanol–water partition coefficient (Wildman–Crippen LogP) is -3.51. The van der Waals surface area contributed by atoms with E-state index in [4.69, 9.17) is 5.26 Å². The van der Waals surface area contributed by atoms with E-state index in [0.717, 1.165) is 12.1 Å². The minimum Gasteiger partial charge on any atom is -0.548 e. The Labute approximate surface area is 127 Å². The Morgan fingerprint density at radius 3 is 2.58 bits per heavy atom. The van der Waals surface area contributed by atoms with E-state index in [1.54, 1.807) is 0 Å². The summed E-state index contributed by atoms with van der Waals surface area (Å²) in [6.45, 7) is 0. The van der Waals surface area contributed by atoms with Crippen molar-refractivity contribution < 1.29 is 49.0 Å². The van der Waals surface area contributed by atoms with Crippen molar-refractivity contribution in [1.82, 2.24) is 10.3 Å². The van der Waals surface area contributed by atoms with Crippen molar-refractivity contribution in [3.63, 3.8) is 0 Å². The smallest absolute Gasteiger partial charge is 0.548 e. The minimum atomic E-state index is -1.63. The molecular weight excluding hydrogens is 267 g/mol. The second kappa shape index (κ2) is 5.75. The van der Waals surface area contributed by atoms with E-state index in [0.29, 0.717) is 0 Å². The van der Waals surface area contributed by atoms with Gasteiger partial charge in [0.1, 0.15) is 11.4 Å². The van der Waals surface area contributed by atoms with Crippen LogP contribution in [0, 0.1) is 21.4 Å². The van der Waals surface area contributed by atoms with Crippen LogP contribution in [0.3, 0.4) is 0 Å². The van der Waals surface area contributed by atoms with Crippen LogP contribution in [-0.4, -0.2) is 21.2 Å². The van der Waals surface area contributed by atoms with Crippen molar-refractivity contribution in [3.05, 3.63) is 27.8 Å². The van der Waals surface area contributed by atoms with Gasteiger partial charge in [0.05, 0.1) is 17.0 Å². The first-order valence-corrected chi connectivity index (χ1v) is 4.56. The topological polar surface area (TPSA) is 146 Å². The molecule has 1 heterocycles. The van der Waals surface area contributed by atoms with Crippen LogP contribution in [0.25, 0.3) is 11.0 Å². The van der Waals surface area contributed by atoms with Gasteiger partial charge in [-0.1, -0.05) is 0 Å². The summed E-state index contributed by atoms with van der Waals surface area (Å²) in [5, 5.41) is 36.9. The second-order valence-electron chi connectivity index (χ2n) is 3.27. The zero-order valence-corrected chi connectivity index (χ0v) is 11.6. The third-order valence-electron chi connectivity index (χ3n) is 2.30. The molecule has 0 bridgehead atoms. The molecule has 0 spiro atoms. The van der Waals surface area contributed by atoms with Gasteiger partial charge in [-0.15, -0.1) is 0 Å². The molecule has 90 valence electrons. The van der Waals surface area contributed by atoms with Crippen molar-refractivity contribution in [3.8, 4) is 6.07 Å². The van der Waals surface area contributed by atoms with E-state index in [-0.39, 0.29) is 51.8 Å². The number of fused-ring (bicyclic) bond motifs is 1. The minimum absolute atomic E-state index is 0. The molecular formula is C9H3N4NaO5. The van der Waals surface area contributed by atoms with Crippen LogP contribution in [-0.2, 0) is 4.79 Å². The van der Waals surface area contributed by atoms with Gasteiger partial charge in [0.15, 0.2) is 0 Å². The summed E-state index contributed by atoms with van der Waals surface area (Å²) < 4.78 is 4.34. The molecule has 0 aliphatic heterocycles. The largest absolute Gasteiger partial charge is 1.00 e. The number of nitro groups is 1. The Kier molecular flexibility index (Phi) is 4.55. The Morgan fingerprint density at radius 2 is 2.05 bits per heavy atom. The fourth-order valence-corrected chi connectivity index (χ4v) is 1.50. The molecule has 19 heavy (non-hydrogen) atoms. The molecule has 0 aliphatic carbocycles. The molecule has 0 aliphatic rings. The van der Waals surface area contributed by atoms with E-state index in [2.05, 4.69) is 14.9 Å². The Balaban J connectivity index is 0.00000180. The maximum atomic E-state index is 10.8. The number of carbonyl (C=O) groups is 1. The van der Waals surface area contributed by atoms with Crippen molar-refractivity contribution in [2.24, 2.45) is 0 Å². The maximum absolute atomic E-state index is 10.8. The Morgan fingerprint density at radius 1 is 1.42 bits per heavy atom. The molecule has 1 aromatic carbocycles. The first-order chi connectivity index (χ1) is 8.56. The van der Waals surface area contributed by atoms with Crippen molar-refractivity contribution in [1.29, 1.82) is 5.26 Å². The molecule has 0 amide bonds. The summed E-state index contributed by atoms with van der Waals surface area (Å²) in [5.74, 6) is -3.23. The van der Waals surface area contributed by atoms with Crippen LogP contribution in [0.4, 0.5) is 5.69 Å². The zero-order chi connectivity index (χ0) is 13.3. The van der Waals surface area contributed by atoms with Gasteiger partial charge in [0.2, 0.25) is 5.52 Å². The monoisotopic (exact) mass is 270 g/mol. The van der Waals surface area contributed by atoms with Crippen LogP contribution in [0.5, 0.6) is 0 Å². The van der Waals surface area contributed by atoms with Crippen molar-refractivity contribution in [2.75, 3.05) is 0 Å². The van der Waals surface area contributed by atoms with Gasteiger partial charge < -0.3 is 9.90 Å². The number of hydrogen-bond acceptors (Lipinski definition) is 8. The number of non-ortho nitro benzene ring substituents is 1. The van der Waals surface area contributed by atoms with Crippen LogP contribution < -0.4 is 34.7 Å². The number of nitriles is 1. The number of carboxylic acids is 1. The number of carbonyl (C=O) groups excluding carboxylic acids is 1. The first kappa shape index (κ1) is 15.0. The number of benzene rings is 1. The Bertz CT molecular complexity index is 691. The quantitative estimate of drug-likeness (QED) is 0.317. The summed E-state index contributed by atoms with van der Waals surface area (Å²) in [7, 11) is 0. The first-order valence-electron chi connectivity index (χ1n) is 4.56. The van der Waals surface area contributed by atoms with Gasteiger partial charge in [-0.2, -0.15) is 5.26 Å². The fraction of sp³-hybridized carbons (Fsp3) is 0.111. The number of aromatic nitrogens is 2. The maximum Gasteiger partial charge on any atom is 1.00 e. The van der Waals surface area contributed by atoms with E-state index >= 15 is 0 Å². The average Bonchev–Trinajstić information content (AvgIpc) is 2.78. The Hall–Kier alpha value is -2.02. The molecule has 0 saturated carbocycles. The molecule has 1 aromatic heterocycles. The number of rotatable bonds is 3. The number of hydrogen-bond donors (Lipinski definition) is 0. The van der Waals surface area contributed by atoms with Crippen LogP contribution >= 0.6 is 0 Å². The zero-order valence-electron chi connectivity index (χ0n) is 9.56. The van der Waals surface area contributed by atoms with E-state index < -0.39 is 16.8 Å². The molecule has 0 fully saturated rings. The summed E-state index contributed by atoms with van der Waals surface area (Å²) >= 11 is 0. The van der Waals surface area contributed by atoms with Gasteiger partial charge in [0, 0.05) is 11.6 Å². The van der Waals surface area contributed by atoms with Crippen molar-refractivity contribution >= 4 is 22.7 Å². The molecule has 2 aromatic rings. The SMILES string of the molecule is N#CC(C(=O)[O-])c1ccc([N+](=O)[O-])c2nonc12.[Na+]. The van der Waals surface area contributed by atoms with E-state index in [9.17, 15) is 20.0 Å². The predicted molar refractivity (Wildman–Crippen MR) is 51.8 cm³/mol. The molecule has 9 nitrogen and oxygen atoms in total. The fourth-order valence-electron chi connectivity index (χ4n) is 1.50. The van der Waals surface area contributed by atoms with Crippen molar-refractivity contribution in [2.45, 2.75) is 5.92 Å². The van der Waals surface area contributed by atoms with E-state index in [1.165, 1.54) is 6.07 Å². The average molecular weight is 270 g/mol. The number of nitrogens with zero attached hydrogens (tertiary/aromatic N) is 4. The third kappa shape index (κ3) is 2.55. The molecule has 0 N–H and O–H groups in total. The van der Waals surface area contributed by atoms with Crippen LogP contribution in [0.1, 0.15) is 11.5 Å². The van der Waals surface area contributed by atoms with Gasteiger partial charge in [-0.25, -0.2) is 4.63 Å². The summed E-state index contributed by atoms with van der Waals surface area (Å²) in [4.78, 5) is 20.8. The van der Waals surface area contributed by atoms with E-state index in [1.807, 2.05) is 0 Å². The molecule has 1 unspecified atom stereocenters. The second-order valence-corrected chi connectivity index (χ2v) is 3.27. The van der Waals surface area contributed by atoms with Gasteiger partial charge >= 0.3 is 35.2 Å². The third-order valence-corrected chi connectivity index (χ3v) is 2.30. The molecule has 0 saturated heterocycles. The standard InChI is InChI=1S/C9H4N4O5.Na/c10-3-5(9(14)15)4-1-2-6(13(16)17)8-7(4)11-18-12-8;/h1-2,5H,(H,14,15);/q;+1/p-1.